The van der Waals surface area contributed by atoms with Crippen LogP contribution in [0.4, 0.5) is 0 Å². The molecule has 2 aromatic rings. The minimum atomic E-state index is 0.0800. The molecule has 3 rings (SSSR count). The van der Waals surface area contributed by atoms with E-state index in [-0.39, 0.29) is 11.5 Å². The zero-order chi connectivity index (χ0) is 14.1. The Morgan fingerprint density at radius 1 is 1.10 bits per heavy atom. The molecule has 0 amide bonds. The molecule has 1 fully saturated rings. The monoisotopic (exact) mass is 272 g/mol. The molecule has 2 N–H and O–H groups in total. The Morgan fingerprint density at radius 3 is 2.40 bits per heavy atom. The second kappa shape index (κ2) is 5.19. The molecule has 1 heterocycles. The van der Waals surface area contributed by atoms with Crippen molar-refractivity contribution in [3.05, 3.63) is 30.0 Å². The van der Waals surface area contributed by atoms with E-state index in [0.717, 1.165) is 18.4 Å². The van der Waals surface area contributed by atoms with Gasteiger partial charge in [-0.25, -0.2) is 0 Å². The van der Waals surface area contributed by atoms with E-state index in [2.05, 4.69) is 5.10 Å². The highest BCUT2D eigenvalue weighted by Crippen LogP contribution is 2.38. The van der Waals surface area contributed by atoms with Crippen LogP contribution in [0.5, 0.6) is 11.5 Å². The topological polar surface area (TPSA) is 58.3 Å². The van der Waals surface area contributed by atoms with Crippen LogP contribution in [0, 0.1) is 6.92 Å². The van der Waals surface area contributed by atoms with Gasteiger partial charge in [0.15, 0.2) is 0 Å². The van der Waals surface area contributed by atoms with Gasteiger partial charge >= 0.3 is 0 Å². The molecule has 1 aliphatic rings. The Kier molecular flexibility index (Phi) is 3.38. The summed E-state index contributed by atoms with van der Waals surface area (Å²) in [6.45, 7) is 1.84. The predicted molar refractivity (Wildman–Crippen MR) is 77.9 cm³/mol. The molecule has 4 nitrogen and oxygen atoms in total. The van der Waals surface area contributed by atoms with Crippen molar-refractivity contribution >= 4 is 0 Å². The van der Waals surface area contributed by atoms with Gasteiger partial charge in [-0.2, -0.15) is 5.10 Å². The number of nitrogens with zero attached hydrogens (tertiary/aromatic N) is 2. The van der Waals surface area contributed by atoms with E-state index >= 15 is 0 Å². The molecule has 0 unspecified atom stereocenters. The average molecular weight is 272 g/mol. The summed E-state index contributed by atoms with van der Waals surface area (Å²) in [4.78, 5) is 0. The van der Waals surface area contributed by atoms with Crippen molar-refractivity contribution in [2.24, 2.45) is 0 Å². The molecular weight excluding hydrogens is 252 g/mol. The lowest BCUT2D eigenvalue weighted by Crippen LogP contribution is -2.13. The van der Waals surface area contributed by atoms with E-state index in [4.69, 9.17) is 0 Å². The summed E-state index contributed by atoms with van der Waals surface area (Å²) >= 11 is 0. The van der Waals surface area contributed by atoms with E-state index in [1.54, 1.807) is 12.1 Å². The number of hydrogen-bond acceptors (Lipinski definition) is 3. The van der Waals surface area contributed by atoms with Gasteiger partial charge in [-0.1, -0.05) is 19.3 Å². The maximum absolute atomic E-state index is 10.0. The quantitative estimate of drug-likeness (QED) is 0.874. The standard InChI is InChI=1S/C16H20N2O2/c1-11-9-14(19)16(15(20)10-11)13-7-8-18(17-13)12-5-3-2-4-6-12/h7-10,12,19-20H,2-6H2,1H3. The summed E-state index contributed by atoms with van der Waals surface area (Å²) in [5.74, 6) is 0.160. The van der Waals surface area contributed by atoms with E-state index in [9.17, 15) is 10.2 Å². The van der Waals surface area contributed by atoms with Crippen molar-refractivity contribution in [1.29, 1.82) is 0 Å². The number of aromatic nitrogens is 2. The van der Waals surface area contributed by atoms with Crippen LogP contribution in [-0.4, -0.2) is 20.0 Å². The first kappa shape index (κ1) is 13.0. The third-order valence-corrected chi connectivity index (χ3v) is 4.05. The number of aryl methyl sites for hydroxylation is 1. The van der Waals surface area contributed by atoms with Crippen molar-refractivity contribution in [2.45, 2.75) is 45.1 Å². The van der Waals surface area contributed by atoms with E-state index in [1.165, 1.54) is 19.3 Å². The molecular formula is C16H20N2O2. The molecule has 0 atom stereocenters. The normalized spacial score (nSPS) is 16.4. The Hall–Kier alpha value is -1.97. The predicted octanol–water partition coefficient (Wildman–Crippen LogP) is 3.77. The Labute approximate surface area is 118 Å². The molecule has 0 bridgehead atoms. The first-order valence-electron chi connectivity index (χ1n) is 7.23. The third kappa shape index (κ3) is 2.38. The zero-order valence-electron chi connectivity index (χ0n) is 11.7. The van der Waals surface area contributed by atoms with E-state index in [0.29, 0.717) is 17.3 Å². The fourth-order valence-corrected chi connectivity index (χ4v) is 3.03. The van der Waals surface area contributed by atoms with Gasteiger partial charge in [-0.15, -0.1) is 0 Å². The highest BCUT2D eigenvalue weighted by Gasteiger charge is 2.18. The number of phenolic OH excluding ortho intramolecular Hbond substituents is 2. The van der Waals surface area contributed by atoms with Gasteiger partial charge in [0.1, 0.15) is 11.5 Å². The smallest absolute Gasteiger partial charge is 0.129 e. The third-order valence-electron chi connectivity index (χ3n) is 4.05. The van der Waals surface area contributed by atoms with Crippen LogP contribution < -0.4 is 0 Å². The summed E-state index contributed by atoms with van der Waals surface area (Å²) in [6, 6.07) is 5.61. The second-order valence-electron chi connectivity index (χ2n) is 5.65. The van der Waals surface area contributed by atoms with Gasteiger partial charge in [0.05, 0.1) is 17.3 Å². The molecule has 0 radical (unpaired) electrons. The minimum absolute atomic E-state index is 0.0800. The maximum Gasteiger partial charge on any atom is 0.129 e. The van der Waals surface area contributed by atoms with Crippen molar-refractivity contribution in [1.82, 2.24) is 9.78 Å². The lowest BCUT2D eigenvalue weighted by molar-refractivity contribution is 0.330. The lowest BCUT2D eigenvalue weighted by atomic mass is 9.96. The van der Waals surface area contributed by atoms with Crippen molar-refractivity contribution < 1.29 is 10.2 Å². The summed E-state index contributed by atoms with van der Waals surface area (Å²) < 4.78 is 1.98. The molecule has 0 spiro atoms. The highest BCUT2D eigenvalue weighted by molar-refractivity contribution is 5.73. The largest absolute Gasteiger partial charge is 0.507 e. The molecule has 1 saturated carbocycles. The summed E-state index contributed by atoms with van der Waals surface area (Å²) in [5, 5.41) is 24.6. The zero-order valence-corrected chi connectivity index (χ0v) is 11.7. The number of hydrogen-bond donors (Lipinski definition) is 2. The van der Waals surface area contributed by atoms with Crippen LogP contribution >= 0.6 is 0 Å². The van der Waals surface area contributed by atoms with Gasteiger partial charge in [-0.3, -0.25) is 4.68 Å². The fraction of sp³-hybridized carbons (Fsp3) is 0.438. The maximum atomic E-state index is 10.0. The first-order valence-corrected chi connectivity index (χ1v) is 7.23. The molecule has 106 valence electrons. The van der Waals surface area contributed by atoms with E-state index < -0.39 is 0 Å². The number of aromatic hydroxyl groups is 2. The average Bonchev–Trinajstić information content (AvgIpc) is 2.88. The number of rotatable bonds is 2. The van der Waals surface area contributed by atoms with Gasteiger partial charge in [0.2, 0.25) is 0 Å². The van der Waals surface area contributed by atoms with E-state index in [1.807, 2.05) is 23.9 Å². The van der Waals surface area contributed by atoms with Crippen molar-refractivity contribution in [3.63, 3.8) is 0 Å². The van der Waals surface area contributed by atoms with Crippen molar-refractivity contribution in [3.8, 4) is 22.8 Å². The van der Waals surface area contributed by atoms with Crippen molar-refractivity contribution in [2.75, 3.05) is 0 Å². The molecule has 4 heteroatoms. The second-order valence-corrected chi connectivity index (χ2v) is 5.65. The summed E-state index contributed by atoms with van der Waals surface area (Å²) in [7, 11) is 0. The molecule has 0 aliphatic heterocycles. The van der Waals surface area contributed by atoms with Crippen LogP contribution in [0.1, 0.15) is 43.7 Å². The van der Waals surface area contributed by atoms with Gasteiger partial charge in [-0.05, 0) is 43.5 Å². The fourth-order valence-electron chi connectivity index (χ4n) is 3.03. The highest BCUT2D eigenvalue weighted by atomic mass is 16.3. The SMILES string of the molecule is Cc1cc(O)c(-c2ccn(C3CCCCC3)n2)c(O)c1. The summed E-state index contributed by atoms with van der Waals surface area (Å²) in [6.07, 6.45) is 8.08. The number of benzene rings is 1. The van der Waals surface area contributed by atoms with Gasteiger partial charge < -0.3 is 10.2 Å². The molecule has 1 aromatic heterocycles. The van der Waals surface area contributed by atoms with Crippen LogP contribution in [0.15, 0.2) is 24.4 Å². The van der Waals surface area contributed by atoms with Gasteiger partial charge in [0.25, 0.3) is 0 Å². The van der Waals surface area contributed by atoms with Crippen LogP contribution in [0.2, 0.25) is 0 Å². The Bertz CT molecular complexity index is 590. The summed E-state index contributed by atoms with van der Waals surface area (Å²) in [5.41, 5.74) is 1.88. The van der Waals surface area contributed by atoms with Gasteiger partial charge in [0, 0.05) is 6.20 Å². The van der Waals surface area contributed by atoms with Crippen LogP contribution in [0.25, 0.3) is 11.3 Å². The number of phenols is 2. The minimum Gasteiger partial charge on any atom is -0.507 e. The molecule has 20 heavy (non-hydrogen) atoms. The Morgan fingerprint density at radius 2 is 1.75 bits per heavy atom. The van der Waals surface area contributed by atoms with Crippen LogP contribution in [-0.2, 0) is 0 Å². The Balaban J connectivity index is 1.94. The first-order chi connectivity index (χ1) is 9.65. The van der Waals surface area contributed by atoms with Crippen LogP contribution in [0.3, 0.4) is 0 Å². The lowest BCUT2D eigenvalue weighted by Gasteiger charge is -2.21. The molecule has 0 saturated heterocycles. The molecule has 1 aliphatic carbocycles. The molecule has 1 aromatic carbocycles.